The molecule has 1 aliphatic heterocycles. The molecule has 1 rings (SSSR count). The van der Waals surface area contributed by atoms with E-state index in [9.17, 15) is 4.79 Å². The van der Waals surface area contributed by atoms with Gasteiger partial charge in [0.15, 0.2) is 0 Å². The number of rotatable bonds is 7. The van der Waals surface area contributed by atoms with E-state index in [1.165, 1.54) is 25.9 Å². The first-order chi connectivity index (χ1) is 9.40. The van der Waals surface area contributed by atoms with Gasteiger partial charge in [0.1, 0.15) is 0 Å². The average molecular weight is 283 g/mol. The molecule has 1 amide bonds. The van der Waals surface area contributed by atoms with E-state index in [-0.39, 0.29) is 5.91 Å². The third kappa shape index (κ3) is 5.06. The van der Waals surface area contributed by atoms with E-state index in [0.29, 0.717) is 6.54 Å². The van der Waals surface area contributed by atoms with Crippen LogP contribution >= 0.6 is 0 Å². The SMILES string of the molecule is CCCCN(C)CC1CCN(C(=O)C(C)(C)CN)CC1. The Hall–Kier alpha value is -0.610. The summed E-state index contributed by atoms with van der Waals surface area (Å²) < 4.78 is 0. The Morgan fingerprint density at radius 1 is 1.35 bits per heavy atom. The Labute approximate surface area is 124 Å². The molecule has 0 aromatic heterocycles. The van der Waals surface area contributed by atoms with E-state index in [0.717, 1.165) is 31.8 Å². The maximum atomic E-state index is 12.4. The van der Waals surface area contributed by atoms with Crippen LogP contribution in [-0.4, -0.2) is 55.5 Å². The van der Waals surface area contributed by atoms with Crippen LogP contribution in [0.15, 0.2) is 0 Å². The van der Waals surface area contributed by atoms with Crippen LogP contribution in [0.1, 0.15) is 46.5 Å². The Balaban J connectivity index is 2.35. The van der Waals surface area contributed by atoms with Crippen molar-refractivity contribution in [3.05, 3.63) is 0 Å². The summed E-state index contributed by atoms with van der Waals surface area (Å²) in [6.07, 6.45) is 4.79. The van der Waals surface area contributed by atoms with Gasteiger partial charge in [0.2, 0.25) is 5.91 Å². The van der Waals surface area contributed by atoms with E-state index in [2.05, 4.69) is 18.9 Å². The molecule has 1 saturated heterocycles. The molecule has 4 nitrogen and oxygen atoms in total. The van der Waals surface area contributed by atoms with E-state index in [1.807, 2.05) is 18.7 Å². The highest BCUT2D eigenvalue weighted by Gasteiger charge is 2.32. The first-order valence-corrected chi connectivity index (χ1v) is 8.08. The minimum Gasteiger partial charge on any atom is -0.342 e. The largest absolute Gasteiger partial charge is 0.342 e. The summed E-state index contributed by atoms with van der Waals surface area (Å²) in [5.41, 5.74) is 5.29. The molecule has 0 aromatic rings. The van der Waals surface area contributed by atoms with Gasteiger partial charge in [-0.1, -0.05) is 13.3 Å². The molecule has 0 unspecified atom stereocenters. The lowest BCUT2D eigenvalue weighted by Crippen LogP contribution is -2.48. The van der Waals surface area contributed by atoms with Crippen LogP contribution in [0.5, 0.6) is 0 Å². The van der Waals surface area contributed by atoms with Crippen molar-refractivity contribution < 1.29 is 4.79 Å². The van der Waals surface area contributed by atoms with E-state index >= 15 is 0 Å². The molecule has 2 N–H and O–H groups in total. The van der Waals surface area contributed by atoms with Crippen LogP contribution in [0.2, 0.25) is 0 Å². The van der Waals surface area contributed by atoms with Gasteiger partial charge < -0.3 is 15.5 Å². The summed E-state index contributed by atoms with van der Waals surface area (Å²) in [6, 6.07) is 0. The Morgan fingerprint density at radius 2 is 1.95 bits per heavy atom. The molecular weight excluding hydrogens is 250 g/mol. The van der Waals surface area contributed by atoms with Gasteiger partial charge in [-0.15, -0.1) is 0 Å². The van der Waals surface area contributed by atoms with Crippen molar-refractivity contribution >= 4 is 5.91 Å². The lowest BCUT2D eigenvalue weighted by molar-refractivity contribution is -0.141. The Morgan fingerprint density at radius 3 is 2.45 bits per heavy atom. The minimum absolute atomic E-state index is 0.220. The second kappa shape index (κ2) is 7.99. The van der Waals surface area contributed by atoms with Crippen LogP contribution < -0.4 is 5.73 Å². The van der Waals surface area contributed by atoms with E-state index in [4.69, 9.17) is 5.73 Å². The van der Waals surface area contributed by atoms with E-state index in [1.54, 1.807) is 0 Å². The molecule has 4 heteroatoms. The molecule has 0 radical (unpaired) electrons. The highest BCUT2D eigenvalue weighted by Crippen LogP contribution is 2.23. The quantitative estimate of drug-likeness (QED) is 0.777. The fourth-order valence-electron chi connectivity index (χ4n) is 2.79. The van der Waals surface area contributed by atoms with Crippen molar-refractivity contribution in [2.24, 2.45) is 17.1 Å². The molecule has 0 spiro atoms. The highest BCUT2D eigenvalue weighted by atomic mass is 16.2. The molecule has 0 aliphatic carbocycles. The van der Waals surface area contributed by atoms with Gasteiger partial charge in [-0.2, -0.15) is 0 Å². The van der Waals surface area contributed by atoms with Gasteiger partial charge in [-0.05, 0) is 52.6 Å². The first-order valence-electron chi connectivity index (χ1n) is 8.08. The van der Waals surface area contributed by atoms with Crippen molar-refractivity contribution in [3.8, 4) is 0 Å². The van der Waals surface area contributed by atoms with Gasteiger partial charge in [0, 0.05) is 26.2 Å². The lowest BCUT2D eigenvalue weighted by Gasteiger charge is -2.37. The minimum atomic E-state index is -0.412. The average Bonchev–Trinajstić information content (AvgIpc) is 2.45. The second-order valence-electron chi connectivity index (χ2n) is 6.94. The maximum Gasteiger partial charge on any atom is 0.229 e. The van der Waals surface area contributed by atoms with Gasteiger partial charge >= 0.3 is 0 Å². The number of amides is 1. The standard InChI is InChI=1S/C16H33N3O/c1-5-6-9-18(4)12-14-7-10-19(11-8-14)15(20)16(2,3)13-17/h14H,5-13,17H2,1-4H3. The van der Waals surface area contributed by atoms with Crippen LogP contribution in [0.25, 0.3) is 0 Å². The van der Waals surface area contributed by atoms with Crippen LogP contribution in [0.3, 0.4) is 0 Å². The summed E-state index contributed by atoms with van der Waals surface area (Å²) >= 11 is 0. The molecule has 0 aromatic carbocycles. The number of hydrogen-bond donors (Lipinski definition) is 1. The smallest absolute Gasteiger partial charge is 0.229 e. The van der Waals surface area contributed by atoms with Crippen molar-refractivity contribution in [3.63, 3.8) is 0 Å². The molecular formula is C16H33N3O. The fraction of sp³-hybridized carbons (Fsp3) is 0.938. The van der Waals surface area contributed by atoms with Crippen LogP contribution in [0.4, 0.5) is 0 Å². The van der Waals surface area contributed by atoms with Gasteiger partial charge in [-0.25, -0.2) is 0 Å². The number of nitrogens with two attached hydrogens (primary N) is 1. The van der Waals surface area contributed by atoms with Gasteiger partial charge in [-0.3, -0.25) is 4.79 Å². The molecule has 0 bridgehead atoms. The predicted molar refractivity (Wildman–Crippen MR) is 84.5 cm³/mol. The lowest BCUT2D eigenvalue weighted by atomic mass is 9.89. The summed E-state index contributed by atoms with van der Waals surface area (Å²) in [5.74, 6) is 0.958. The second-order valence-corrected chi connectivity index (χ2v) is 6.94. The van der Waals surface area contributed by atoms with Gasteiger partial charge in [0.25, 0.3) is 0 Å². The number of unbranched alkanes of at least 4 members (excludes halogenated alkanes) is 1. The molecule has 1 heterocycles. The molecule has 20 heavy (non-hydrogen) atoms. The number of carbonyl (C=O) groups is 1. The number of hydrogen-bond acceptors (Lipinski definition) is 3. The molecule has 0 saturated carbocycles. The number of nitrogens with zero attached hydrogens (tertiary/aromatic N) is 2. The van der Waals surface area contributed by atoms with Crippen LogP contribution in [0, 0.1) is 11.3 Å². The van der Waals surface area contributed by atoms with E-state index < -0.39 is 5.41 Å². The number of likely N-dealkylation sites (tertiary alicyclic amines) is 1. The normalized spacial score (nSPS) is 17.8. The summed E-state index contributed by atoms with van der Waals surface area (Å²) in [6.45, 7) is 10.7. The Bertz CT molecular complexity index is 296. The Kier molecular flexibility index (Phi) is 6.96. The number of piperidine rings is 1. The third-order valence-electron chi connectivity index (χ3n) is 4.45. The van der Waals surface area contributed by atoms with Crippen LogP contribution in [-0.2, 0) is 4.79 Å². The van der Waals surface area contributed by atoms with Crippen molar-refractivity contribution in [2.45, 2.75) is 46.5 Å². The molecule has 1 aliphatic rings. The monoisotopic (exact) mass is 283 g/mol. The summed E-state index contributed by atoms with van der Waals surface area (Å²) in [5, 5.41) is 0. The third-order valence-corrected chi connectivity index (χ3v) is 4.45. The fourth-order valence-corrected chi connectivity index (χ4v) is 2.79. The summed E-state index contributed by atoms with van der Waals surface area (Å²) in [7, 11) is 2.21. The zero-order valence-corrected chi connectivity index (χ0v) is 13.8. The predicted octanol–water partition coefficient (Wildman–Crippen LogP) is 1.94. The molecule has 118 valence electrons. The van der Waals surface area contributed by atoms with Gasteiger partial charge in [0.05, 0.1) is 5.41 Å². The molecule has 0 atom stereocenters. The zero-order chi connectivity index (χ0) is 15.2. The van der Waals surface area contributed by atoms with Crippen molar-refractivity contribution in [1.29, 1.82) is 0 Å². The first kappa shape index (κ1) is 17.4. The van der Waals surface area contributed by atoms with Crippen molar-refractivity contribution in [2.75, 3.05) is 39.8 Å². The zero-order valence-electron chi connectivity index (χ0n) is 13.8. The number of carbonyl (C=O) groups excluding carboxylic acids is 1. The maximum absolute atomic E-state index is 12.4. The topological polar surface area (TPSA) is 49.6 Å². The molecule has 1 fully saturated rings. The van der Waals surface area contributed by atoms with Crippen molar-refractivity contribution in [1.82, 2.24) is 9.80 Å². The highest BCUT2D eigenvalue weighted by molar-refractivity contribution is 5.82. The summed E-state index contributed by atoms with van der Waals surface area (Å²) in [4.78, 5) is 16.8.